The van der Waals surface area contributed by atoms with E-state index in [1.165, 1.54) is 6.33 Å². The van der Waals surface area contributed by atoms with Gasteiger partial charge in [-0.2, -0.15) is 14.6 Å². The molecule has 1 N–H and O–H groups in total. The van der Waals surface area contributed by atoms with Crippen molar-refractivity contribution < 1.29 is 9.90 Å². The lowest BCUT2D eigenvalue weighted by molar-refractivity contribution is -0.142. The SMILES string of the molecule is Cc1cc(N2CCC(C(=O)O)CC2)n2ncnc2n1. The van der Waals surface area contributed by atoms with Crippen LogP contribution in [0.5, 0.6) is 0 Å². The van der Waals surface area contributed by atoms with Crippen molar-refractivity contribution in [2.75, 3.05) is 18.0 Å². The zero-order valence-electron chi connectivity index (χ0n) is 10.7. The third-order valence-corrected chi connectivity index (χ3v) is 3.53. The second kappa shape index (κ2) is 4.49. The van der Waals surface area contributed by atoms with Crippen molar-refractivity contribution in [3.8, 4) is 0 Å². The maximum Gasteiger partial charge on any atom is 0.306 e. The number of carboxylic acids is 1. The number of fused-ring (bicyclic) bond motifs is 1. The van der Waals surface area contributed by atoms with Crippen LogP contribution in [0.2, 0.25) is 0 Å². The first-order chi connectivity index (χ1) is 9.15. The van der Waals surface area contributed by atoms with E-state index in [0.29, 0.717) is 18.6 Å². The summed E-state index contributed by atoms with van der Waals surface area (Å²) in [6.45, 7) is 3.35. The second-order valence-corrected chi connectivity index (χ2v) is 4.83. The molecule has 0 radical (unpaired) electrons. The summed E-state index contributed by atoms with van der Waals surface area (Å²) in [5.74, 6) is 0.584. The summed E-state index contributed by atoms with van der Waals surface area (Å²) >= 11 is 0. The Morgan fingerprint density at radius 1 is 1.42 bits per heavy atom. The van der Waals surface area contributed by atoms with Crippen molar-refractivity contribution in [1.29, 1.82) is 0 Å². The summed E-state index contributed by atoms with van der Waals surface area (Å²) in [5, 5.41) is 13.2. The molecule has 100 valence electrons. The summed E-state index contributed by atoms with van der Waals surface area (Å²) in [4.78, 5) is 21.5. The van der Waals surface area contributed by atoms with E-state index in [0.717, 1.165) is 24.6 Å². The summed E-state index contributed by atoms with van der Waals surface area (Å²) < 4.78 is 1.70. The molecule has 3 heterocycles. The number of anilines is 1. The molecule has 1 aliphatic heterocycles. The normalized spacial score (nSPS) is 17.0. The van der Waals surface area contributed by atoms with Gasteiger partial charge in [-0.05, 0) is 19.8 Å². The van der Waals surface area contributed by atoms with Gasteiger partial charge in [0.15, 0.2) is 0 Å². The number of carboxylic acid groups (broad SMARTS) is 1. The molecule has 0 spiro atoms. The lowest BCUT2D eigenvalue weighted by Crippen LogP contribution is -2.37. The predicted molar refractivity (Wildman–Crippen MR) is 68.1 cm³/mol. The van der Waals surface area contributed by atoms with Crippen molar-refractivity contribution in [3.63, 3.8) is 0 Å². The van der Waals surface area contributed by atoms with Crippen LogP contribution in [0.3, 0.4) is 0 Å². The molecule has 0 saturated carbocycles. The first-order valence-corrected chi connectivity index (χ1v) is 6.30. The fraction of sp³-hybridized carbons (Fsp3) is 0.500. The van der Waals surface area contributed by atoms with Gasteiger partial charge in [0.1, 0.15) is 12.1 Å². The number of rotatable bonds is 2. The molecular formula is C12H15N5O2. The van der Waals surface area contributed by atoms with Crippen molar-refractivity contribution in [1.82, 2.24) is 19.6 Å². The van der Waals surface area contributed by atoms with Crippen molar-refractivity contribution >= 4 is 17.6 Å². The van der Waals surface area contributed by atoms with Gasteiger partial charge in [-0.15, -0.1) is 0 Å². The molecule has 2 aromatic heterocycles. The van der Waals surface area contributed by atoms with Gasteiger partial charge < -0.3 is 10.0 Å². The number of carbonyl (C=O) groups is 1. The lowest BCUT2D eigenvalue weighted by Gasteiger charge is -2.31. The van der Waals surface area contributed by atoms with Crippen LogP contribution in [0.4, 0.5) is 5.82 Å². The van der Waals surface area contributed by atoms with E-state index in [1.54, 1.807) is 4.52 Å². The Balaban J connectivity index is 1.89. The summed E-state index contributed by atoms with van der Waals surface area (Å²) in [6.07, 6.45) is 2.80. The Morgan fingerprint density at radius 2 is 2.16 bits per heavy atom. The summed E-state index contributed by atoms with van der Waals surface area (Å²) in [7, 11) is 0. The predicted octanol–water partition coefficient (Wildman–Crippen LogP) is 0.734. The van der Waals surface area contributed by atoms with Crippen molar-refractivity contribution in [3.05, 3.63) is 18.1 Å². The average Bonchev–Trinajstić information content (AvgIpc) is 2.85. The first-order valence-electron chi connectivity index (χ1n) is 6.30. The quantitative estimate of drug-likeness (QED) is 0.858. The molecule has 0 amide bonds. The van der Waals surface area contributed by atoms with Crippen LogP contribution in [0.15, 0.2) is 12.4 Å². The molecule has 19 heavy (non-hydrogen) atoms. The van der Waals surface area contributed by atoms with Crippen LogP contribution >= 0.6 is 0 Å². The van der Waals surface area contributed by atoms with E-state index in [9.17, 15) is 4.79 Å². The van der Waals surface area contributed by atoms with Gasteiger partial charge in [-0.3, -0.25) is 4.79 Å². The molecule has 1 aliphatic rings. The molecule has 0 aromatic carbocycles. The fourth-order valence-electron chi connectivity index (χ4n) is 2.49. The Kier molecular flexibility index (Phi) is 2.81. The number of aromatic nitrogens is 4. The van der Waals surface area contributed by atoms with E-state index in [4.69, 9.17) is 5.11 Å². The molecule has 7 nitrogen and oxygen atoms in total. The Bertz CT molecular complexity index is 616. The number of hydrogen-bond donors (Lipinski definition) is 1. The molecular weight excluding hydrogens is 246 g/mol. The smallest absolute Gasteiger partial charge is 0.306 e. The molecule has 1 saturated heterocycles. The monoisotopic (exact) mass is 261 g/mol. The minimum absolute atomic E-state index is 0.231. The number of piperidine rings is 1. The molecule has 0 unspecified atom stereocenters. The maximum atomic E-state index is 11.0. The Labute approximate surface area is 109 Å². The standard InChI is InChI=1S/C12H15N5O2/c1-8-6-10(17-12(15-8)13-7-14-17)16-4-2-9(3-5-16)11(18)19/h6-7,9H,2-5H2,1H3,(H,18,19). The van der Waals surface area contributed by atoms with Crippen LogP contribution in [0.1, 0.15) is 18.5 Å². The van der Waals surface area contributed by atoms with E-state index < -0.39 is 5.97 Å². The third-order valence-electron chi connectivity index (χ3n) is 3.53. The minimum Gasteiger partial charge on any atom is -0.481 e. The lowest BCUT2D eigenvalue weighted by atomic mass is 9.97. The molecule has 0 atom stereocenters. The van der Waals surface area contributed by atoms with Gasteiger partial charge in [-0.25, -0.2) is 4.98 Å². The van der Waals surface area contributed by atoms with E-state index in [1.807, 2.05) is 13.0 Å². The second-order valence-electron chi connectivity index (χ2n) is 4.83. The maximum absolute atomic E-state index is 11.0. The van der Waals surface area contributed by atoms with Crippen LogP contribution in [-0.2, 0) is 4.79 Å². The van der Waals surface area contributed by atoms with E-state index in [-0.39, 0.29) is 5.92 Å². The minimum atomic E-state index is -0.698. The van der Waals surface area contributed by atoms with Gasteiger partial charge in [0.05, 0.1) is 5.92 Å². The average molecular weight is 261 g/mol. The van der Waals surface area contributed by atoms with Gasteiger partial charge in [0.25, 0.3) is 5.78 Å². The first kappa shape index (κ1) is 11.9. The number of hydrogen-bond acceptors (Lipinski definition) is 5. The largest absolute Gasteiger partial charge is 0.481 e. The molecule has 1 fully saturated rings. The third kappa shape index (κ3) is 2.11. The molecule has 3 rings (SSSR count). The number of nitrogens with zero attached hydrogens (tertiary/aromatic N) is 5. The van der Waals surface area contributed by atoms with Gasteiger partial charge in [-0.1, -0.05) is 0 Å². The van der Waals surface area contributed by atoms with Crippen LogP contribution in [0, 0.1) is 12.8 Å². The zero-order chi connectivity index (χ0) is 13.4. The van der Waals surface area contributed by atoms with Crippen LogP contribution in [0.25, 0.3) is 5.78 Å². The topological polar surface area (TPSA) is 83.6 Å². The van der Waals surface area contributed by atoms with Gasteiger partial charge in [0.2, 0.25) is 0 Å². The fourth-order valence-corrected chi connectivity index (χ4v) is 2.49. The van der Waals surface area contributed by atoms with Gasteiger partial charge >= 0.3 is 5.97 Å². The molecule has 2 aromatic rings. The van der Waals surface area contributed by atoms with Crippen molar-refractivity contribution in [2.45, 2.75) is 19.8 Å². The molecule has 7 heteroatoms. The summed E-state index contributed by atoms with van der Waals surface area (Å²) in [5.41, 5.74) is 0.885. The van der Waals surface area contributed by atoms with Crippen LogP contribution < -0.4 is 4.90 Å². The highest BCUT2D eigenvalue weighted by Crippen LogP contribution is 2.23. The zero-order valence-corrected chi connectivity index (χ0v) is 10.7. The highest BCUT2D eigenvalue weighted by atomic mass is 16.4. The number of aliphatic carboxylic acids is 1. The Morgan fingerprint density at radius 3 is 2.84 bits per heavy atom. The van der Waals surface area contributed by atoms with Crippen LogP contribution in [-0.4, -0.2) is 43.7 Å². The highest BCUT2D eigenvalue weighted by Gasteiger charge is 2.26. The molecule has 0 bridgehead atoms. The van der Waals surface area contributed by atoms with E-state index >= 15 is 0 Å². The molecule has 0 aliphatic carbocycles. The number of aryl methyl sites for hydroxylation is 1. The van der Waals surface area contributed by atoms with Gasteiger partial charge in [0, 0.05) is 24.8 Å². The summed E-state index contributed by atoms with van der Waals surface area (Å²) in [6, 6.07) is 1.96. The van der Waals surface area contributed by atoms with Crippen molar-refractivity contribution in [2.24, 2.45) is 5.92 Å². The highest BCUT2D eigenvalue weighted by molar-refractivity contribution is 5.70. The Hall–Kier alpha value is -2.18. The van der Waals surface area contributed by atoms with E-state index in [2.05, 4.69) is 20.0 Å².